The molecule has 0 rings (SSSR count). The summed E-state index contributed by atoms with van der Waals surface area (Å²) in [5.41, 5.74) is -0.0359. The maximum atomic E-state index is 10.7. The van der Waals surface area contributed by atoms with Crippen molar-refractivity contribution in [3.8, 4) is 0 Å². The summed E-state index contributed by atoms with van der Waals surface area (Å²) in [6, 6.07) is 0. The second-order valence-electron chi connectivity index (χ2n) is 3.25. The second kappa shape index (κ2) is 2.42. The Morgan fingerprint density at radius 2 is 1.78 bits per heavy atom. The van der Waals surface area contributed by atoms with Crippen molar-refractivity contribution in [1.29, 1.82) is 0 Å². The maximum absolute atomic E-state index is 10.7. The Morgan fingerprint density at radius 3 is 1.78 bits per heavy atom. The Balaban J connectivity index is 4.04. The number of hydrogen-bond acceptors (Lipinski definition) is 1. The highest BCUT2D eigenvalue weighted by Crippen LogP contribution is 2.09. The largest absolute Gasteiger partial charge is 0.350 e. The number of rotatable bonds is 0. The van der Waals surface area contributed by atoms with Crippen LogP contribution in [0.25, 0.3) is 0 Å². The summed E-state index contributed by atoms with van der Waals surface area (Å²) in [6.07, 6.45) is 0. The van der Waals surface area contributed by atoms with Gasteiger partial charge >= 0.3 is 0 Å². The molecule has 2 nitrogen and oxygen atoms in total. The van der Waals surface area contributed by atoms with Gasteiger partial charge in [0.25, 0.3) is 0 Å². The van der Waals surface area contributed by atoms with Crippen LogP contribution in [0, 0.1) is 0 Å². The Hall–Kier alpha value is -0.465. The number of amides is 1. The maximum Gasteiger partial charge on any atom is 0.215 e. The molecule has 0 saturated heterocycles. The summed E-state index contributed by atoms with van der Waals surface area (Å²) in [6.45, 7) is 6.02. The average molecular weight is 127 g/mol. The van der Waals surface area contributed by atoms with Crippen LogP contribution in [0.4, 0.5) is 4.79 Å². The highest BCUT2D eigenvalue weighted by Gasteiger charge is 2.17. The molecule has 0 aromatic rings. The number of nitrogens with zero attached hydrogens (tertiary/aromatic N) is 1. The molecule has 3 heteroatoms. The zero-order chi connectivity index (χ0) is 7.65. The van der Waals surface area contributed by atoms with Crippen LogP contribution in [0.3, 0.4) is 0 Å². The predicted molar refractivity (Wildman–Crippen MR) is 41.5 cm³/mol. The minimum atomic E-state index is -0.0359. The van der Waals surface area contributed by atoms with Gasteiger partial charge in [-0.2, -0.15) is 0 Å². The molecule has 52 valence electrons. The number of carbonyl (C=O) groups excluding carboxylic acids is 1. The molecule has 0 aliphatic carbocycles. The third-order valence-corrected chi connectivity index (χ3v) is 1.48. The molecule has 0 bridgehead atoms. The normalized spacial score (nSPS) is 11.1. The summed E-state index contributed by atoms with van der Waals surface area (Å²) < 4.78 is 0. The Bertz CT molecular complexity index is 117. The van der Waals surface area contributed by atoms with E-state index in [1.54, 1.807) is 12.7 Å². The van der Waals surface area contributed by atoms with Crippen LogP contribution in [-0.2, 0) is 0 Å². The van der Waals surface area contributed by atoms with Crippen LogP contribution in [0.5, 0.6) is 0 Å². The minimum absolute atomic E-state index is 0.0359. The third kappa shape index (κ3) is 2.54. The van der Waals surface area contributed by atoms with E-state index in [1.807, 2.05) is 27.8 Å². The average Bonchev–Trinajstić information content (AvgIpc) is 1.62. The molecule has 0 aliphatic heterocycles. The van der Waals surface area contributed by atoms with Gasteiger partial charge in [-0.1, -0.05) is 0 Å². The highest BCUT2D eigenvalue weighted by atomic mass is 16.1. The molecule has 0 aromatic heterocycles. The van der Waals surface area contributed by atoms with Gasteiger partial charge in [-0.05, 0) is 20.8 Å². The van der Waals surface area contributed by atoms with Gasteiger partial charge in [0.15, 0.2) is 5.81 Å². The van der Waals surface area contributed by atoms with E-state index in [0.717, 1.165) is 0 Å². The lowest BCUT2D eigenvalue weighted by Gasteiger charge is -2.31. The van der Waals surface area contributed by atoms with Crippen LogP contribution in [0.2, 0.25) is 0 Å². The van der Waals surface area contributed by atoms with E-state index in [0.29, 0.717) is 0 Å². The standard InChI is InChI=1S/C6H14BNO/c1-6(2,3)8(4)5(7)9/h7H2,1-4H3. The van der Waals surface area contributed by atoms with Gasteiger partial charge in [0.05, 0.1) is 0 Å². The van der Waals surface area contributed by atoms with Gasteiger partial charge in [-0.15, -0.1) is 0 Å². The summed E-state index contributed by atoms with van der Waals surface area (Å²) >= 11 is 0. The fraction of sp³-hybridized carbons (Fsp3) is 0.833. The van der Waals surface area contributed by atoms with Crippen molar-refractivity contribution >= 4 is 13.7 Å². The van der Waals surface area contributed by atoms with E-state index >= 15 is 0 Å². The Labute approximate surface area is 57.6 Å². The monoisotopic (exact) mass is 127 g/mol. The van der Waals surface area contributed by atoms with E-state index in [2.05, 4.69) is 0 Å². The van der Waals surface area contributed by atoms with Crippen LogP contribution < -0.4 is 0 Å². The quantitative estimate of drug-likeness (QED) is 0.433. The molecule has 0 N–H and O–H groups in total. The van der Waals surface area contributed by atoms with E-state index in [9.17, 15) is 4.79 Å². The summed E-state index contributed by atoms with van der Waals surface area (Å²) in [4.78, 5) is 12.4. The summed E-state index contributed by atoms with van der Waals surface area (Å²) in [5.74, 6) is 0.113. The second-order valence-corrected chi connectivity index (χ2v) is 3.25. The van der Waals surface area contributed by atoms with E-state index in [4.69, 9.17) is 0 Å². The number of carbonyl (C=O) groups is 1. The van der Waals surface area contributed by atoms with Crippen LogP contribution in [0.15, 0.2) is 0 Å². The predicted octanol–water partition coefficient (Wildman–Crippen LogP) is 0.470. The molecular weight excluding hydrogens is 113 g/mol. The molecule has 1 amide bonds. The van der Waals surface area contributed by atoms with Crippen molar-refractivity contribution < 1.29 is 4.79 Å². The van der Waals surface area contributed by atoms with Gasteiger partial charge in [-0.3, -0.25) is 4.79 Å². The fourth-order valence-corrected chi connectivity index (χ4v) is 0.472. The first kappa shape index (κ1) is 8.53. The number of hydrogen-bond donors (Lipinski definition) is 0. The minimum Gasteiger partial charge on any atom is -0.350 e. The van der Waals surface area contributed by atoms with Crippen molar-refractivity contribution in [2.75, 3.05) is 7.05 Å². The van der Waals surface area contributed by atoms with Gasteiger partial charge < -0.3 is 4.90 Å². The summed E-state index contributed by atoms with van der Waals surface area (Å²) in [5, 5.41) is 0. The Morgan fingerprint density at radius 1 is 1.44 bits per heavy atom. The molecule has 0 unspecified atom stereocenters. The fourth-order valence-electron chi connectivity index (χ4n) is 0.472. The van der Waals surface area contributed by atoms with Gasteiger partial charge in [-0.25, -0.2) is 0 Å². The lowest BCUT2D eigenvalue weighted by Crippen LogP contribution is -2.41. The van der Waals surface area contributed by atoms with Crippen molar-refractivity contribution in [3.05, 3.63) is 0 Å². The van der Waals surface area contributed by atoms with E-state index in [1.165, 1.54) is 0 Å². The van der Waals surface area contributed by atoms with Crippen LogP contribution >= 0.6 is 0 Å². The molecule has 0 saturated carbocycles. The van der Waals surface area contributed by atoms with Crippen molar-refractivity contribution in [2.45, 2.75) is 26.3 Å². The molecule has 9 heavy (non-hydrogen) atoms. The molecule has 0 heterocycles. The van der Waals surface area contributed by atoms with E-state index in [-0.39, 0.29) is 11.3 Å². The molecule has 0 aromatic carbocycles. The summed E-state index contributed by atoms with van der Waals surface area (Å²) in [7, 11) is 3.38. The third-order valence-electron chi connectivity index (χ3n) is 1.48. The SMILES string of the molecule is BC(=O)N(C)C(C)(C)C. The highest BCUT2D eigenvalue weighted by molar-refractivity contribution is 6.56. The lowest BCUT2D eigenvalue weighted by atomic mass is 10.0. The van der Waals surface area contributed by atoms with Crippen LogP contribution in [0.1, 0.15) is 20.8 Å². The van der Waals surface area contributed by atoms with Gasteiger partial charge in [0.2, 0.25) is 7.85 Å². The molecule has 0 spiro atoms. The van der Waals surface area contributed by atoms with Crippen LogP contribution in [-0.4, -0.2) is 31.1 Å². The molecule has 0 fully saturated rings. The van der Waals surface area contributed by atoms with E-state index < -0.39 is 0 Å². The first-order chi connectivity index (χ1) is 3.85. The molecular formula is C6H14BNO. The van der Waals surface area contributed by atoms with Gasteiger partial charge in [0, 0.05) is 12.6 Å². The zero-order valence-corrected chi connectivity index (χ0v) is 6.86. The van der Waals surface area contributed by atoms with Gasteiger partial charge in [0.1, 0.15) is 0 Å². The Kier molecular flexibility index (Phi) is 2.29. The zero-order valence-electron chi connectivity index (χ0n) is 6.86. The molecule has 0 radical (unpaired) electrons. The lowest BCUT2D eigenvalue weighted by molar-refractivity contribution is 0.188. The van der Waals surface area contributed by atoms with Crippen molar-refractivity contribution in [1.82, 2.24) is 4.90 Å². The first-order valence-electron chi connectivity index (χ1n) is 3.10. The van der Waals surface area contributed by atoms with Crippen molar-refractivity contribution in [2.24, 2.45) is 0 Å². The van der Waals surface area contributed by atoms with Crippen molar-refractivity contribution in [3.63, 3.8) is 0 Å². The molecule has 0 aliphatic rings. The first-order valence-corrected chi connectivity index (χ1v) is 3.10. The topological polar surface area (TPSA) is 20.3 Å². The molecule has 0 atom stereocenters. The smallest absolute Gasteiger partial charge is 0.215 e.